The maximum Gasteiger partial charge on any atom is 0.0548 e. The summed E-state index contributed by atoms with van der Waals surface area (Å²) >= 11 is 0. The molecule has 0 radical (unpaired) electrons. The van der Waals surface area contributed by atoms with Crippen LogP contribution in [0.5, 0.6) is 0 Å². The van der Waals surface area contributed by atoms with E-state index in [1.54, 1.807) is 6.08 Å². The summed E-state index contributed by atoms with van der Waals surface area (Å²) in [5, 5.41) is 4.94. The smallest absolute Gasteiger partial charge is 0.0548 e. The fraction of sp³-hybridized carbons (Fsp3) is 0.0204. The fourth-order valence-corrected chi connectivity index (χ4v) is 7.28. The van der Waals surface area contributed by atoms with E-state index in [1.807, 2.05) is 25.3 Å². The van der Waals surface area contributed by atoms with Gasteiger partial charge in [0.05, 0.1) is 22.1 Å². The number of anilines is 3. The summed E-state index contributed by atoms with van der Waals surface area (Å²) in [6, 6.07) is 60.8. The molecule has 2 aromatic heterocycles. The van der Waals surface area contributed by atoms with Gasteiger partial charge < -0.3 is 14.0 Å². The second-order valence-electron chi connectivity index (χ2n) is 12.7. The van der Waals surface area contributed by atoms with Crippen LogP contribution in [0.3, 0.4) is 0 Å². The van der Waals surface area contributed by atoms with Gasteiger partial charge in [0.15, 0.2) is 0 Å². The molecule has 0 saturated carbocycles. The number of fused-ring (bicyclic) bond motifs is 6. The molecular formula is C49H39N3. The van der Waals surface area contributed by atoms with E-state index >= 15 is 0 Å². The SMILES string of the molecule is C=C/C=C\C.C=Cn1c2ccccc2c2cc3c(cc21)c1ccccc1n3-c1ccc(-c2ccc(N(c3ccccc3)c3ccccc3)cc2)cc1. The molecule has 0 spiro atoms. The summed E-state index contributed by atoms with van der Waals surface area (Å²) in [7, 11) is 0. The third-order valence-corrected chi connectivity index (χ3v) is 9.63. The van der Waals surface area contributed by atoms with Crippen molar-refractivity contribution >= 4 is 66.9 Å². The second kappa shape index (κ2) is 14.2. The molecule has 3 nitrogen and oxygen atoms in total. The minimum absolute atomic E-state index is 1.12. The molecule has 0 bridgehead atoms. The van der Waals surface area contributed by atoms with Gasteiger partial charge in [-0.2, -0.15) is 0 Å². The standard InChI is InChI=1S/C44H31N3.C5H8/c1-2-45-41-19-11-9-17-37(41)39-30-44-40(29-43(39)45)38-18-10-12-20-42(38)47(44)36-27-23-32(24-28-36)31-21-25-35(26-22-31)46(33-13-5-3-6-14-33)34-15-7-4-8-16-34;1-3-5-4-2/h2-30H,1H2;3-5H,1H2,2H3/b;5-4-. The number of aromatic nitrogens is 2. The summed E-state index contributed by atoms with van der Waals surface area (Å²) < 4.78 is 4.60. The van der Waals surface area contributed by atoms with Gasteiger partial charge >= 0.3 is 0 Å². The van der Waals surface area contributed by atoms with E-state index in [-0.39, 0.29) is 0 Å². The predicted molar refractivity (Wildman–Crippen MR) is 225 cm³/mol. The minimum Gasteiger partial charge on any atom is -0.317 e. The van der Waals surface area contributed by atoms with E-state index in [2.05, 4.69) is 197 Å². The van der Waals surface area contributed by atoms with E-state index in [1.165, 1.54) is 54.7 Å². The number of hydrogen-bond acceptors (Lipinski definition) is 1. The first-order valence-electron chi connectivity index (χ1n) is 17.6. The maximum atomic E-state index is 4.13. The van der Waals surface area contributed by atoms with Crippen molar-refractivity contribution in [1.82, 2.24) is 9.13 Å². The Hall–Kier alpha value is -6.84. The van der Waals surface area contributed by atoms with Gasteiger partial charge in [-0.25, -0.2) is 0 Å². The topological polar surface area (TPSA) is 13.1 Å². The molecule has 0 saturated heterocycles. The molecule has 0 aliphatic rings. The second-order valence-corrected chi connectivity index (χ2v) is 12.7. The van der Waals surface area contributed by atoms with Crippen molar-refractivity contribution in [3.05, 3.63) is 201 Å². The van der Waals surface area contributed by atoms with Gasteiger partial charge in [0.1, 0.15) is 0 Å². The van der Waals surface area contributed by atoms with E-state index < -0.39 is 0 Å². The van der Waals surface area contributed by atoms with Crippen LogP contribution in [0.1, 0.15) is 6.92 Å². The Balaban J connectivity index is 0.000000727. The summed E-state index contributed by atoms with van der Waals surface area (Å²) in [6.45, 7) is 9.55. The minimum atomic E-state index is 1.12. The molecule has 2 heterocycles. The normalized spacial score (nSPS) is 11.2. The molecule has 0 N–H and O–H groups in total. The van der Waals surface area contributed by atoms with Crippen molar-refractivity contribution in [2.24, 2.45) is 0 Å². The molecule has 0 unspecified atom stereocenters. The fourth-order valence-electron chi connectivity index (χ4n) is 7.28. The average molecular weight is 670 g/mol. The molecule has 0 aliphatic carbocycles. The van der Waals surface area contributed by atoms with Crippen LogP contribution >= 0.6 is 0 Å². The molecule has 9 rings (SSSR count). The molecule has 0 amide bonds. The number of benzene rings is 7. The Morgan fingerprint density at radius 3 is 1.50 bits per heavy atom. The lowest BCUT2D eigenvalue weighted by atomic mass is 10.0. The van der Waals surface area contributed by atoms with Gasteiger partial charge in [0.25, 0.3) is 0 Å². The maximum absolute atomic E-state index is 4.13. The third-order valence-electron chi connectivity index (χ3n) is 9.63. The summed E-state index contributed by atoms with van der Waals surface area (Å²) in [6.07, 6.45) is 7.49. The molecule has 0 fully saturated rings. The van der Waals surface area contributed by atoms with Gasteiger partial charge in [-0.15, -0.1) is 0 Å². The van der Waals surface area contributed by atoms with Gasteiger partial charge in [-0.1, -0.05) is 128 Å². The van der Waals surface area contributed by atoms with Crippen molar-refractivity contribution in [1.29, 1.82) is 0 Å². The lowest BCUT2D eigenvalue weighted by molar-refractivity contribution is 1.18. The molecule has 3 heteroatoms. The van der Waals surface area contributed by atoms with Crippen LogP contribution < -0.4 is 4.90 Å². The zero-order valence-electron chi connectivity index (χ0n) is 29.2. The highest BCUT2D eigenvalue weighted by Crippen LogP contribution is 2.39. The number of para-hydroxylation sites is 4. The Morgan fingerprint density at radius 2 is 0.942 bits per heavy atom. The first-order valence-corrected chi connectivity index (χ1v) is 17.6. The number of rotatable bonds is 7. The summed E-state index contributed by atoms with van der Waals surface area (Å²) in [5.74, 6) is 0. The van der Waals surface area contributed by atoms with Gasteiger partial charge in [0.2, 0.25) is 0 Å². The zero-order chi connectivity index (χ0) is 35.4. The lowest BCUT2D eigenvalue weighted by Gasteiger charge is -2.25. The first kappa shape index (κ1) is 32.4. The Kier molecular flexibility index (Phi) is 8.83. The molecule has 0 atom stereocenters. The highest BCUT2D eigenvalue weighted by atomic mass is 15.1. The molecular weight excluding hydrogens is 631 g/mol. The predicted octanol–water partition coefficient (Wildman–Crippen LogP) is 13.9. The van der Waals surface area contributed by atoms with E-state index in [0.717, 1.165) is 22.7 Å². The monoisotopic (exact) mass is 669 g/mol. The van der Waals surface area contributed by atoms with Crippen molar-refractivity contribution in [3.63, 3.8) is 0 Å². The number of nitrogens with zero attached hydrogens (tertiary/aromatic N) is 3. The van der Waals surface area contributed by atoms with Crippen molar-refractivity contribution < 1.29 is 0 Å². The van der Waals surface area contributed by atoms with Crippen LogP contribution in [-0.4, -0.2) is 9.13 Å². The first-order chi connectivity index (χ1) is 25.7. The van der Waals surface area contributed by atoms with Crippen molar-refractivity contribution in [3.8, 4) is 16.8 Å². The highest BCUT2D eigenvalue weighted by Gasteiger charge is 2.17. The van der Waals surface area contributed by atoms with Gasteiger partial charge in [0, 0.05) is 50.5 Å². The summed E-state index contributed by atoms with van der Waals surface area (Å²) in [5.41, 5.74) is 11.6. The van der Waals surface area contributed by atoms with Crippen LogP contribution in [0.4, 0.5) is 17.1 Å². The Morgan fingerprint density at radius 1 is 0.462 bits per heavy atom. The quantitative estimate of drug-likeness (QED) is 0.154. The van der Waals surface area contributed by atoms with Crippen LogP contribution in [0.2, 0.25) is 0 Å². The van der Waals surface area contributed by atoms with Gasteiger partial charge in [-0.05, 0) is 90.8 Å². The Labute approximate surface area is 304 Å². The number of allylic oxidation sites excluding steroid dienone is 3. The van der Waals surface area contributed by atoms with Crippen molar-refractivity contribution in [2.75, 3.05) is 4.90 Å². The van der Waals surface area contributed by atoms with Crippen molar-refractivity contribution in [2.45, 2.75) is 6.92 Å². The summed E-state index contributed by atoms with van der Waals surface area (Å²) in [4.78, 5) is 2.29. The highest BCUT2D eigenvalue weighted by molar-refractivity contribution is 6.19. The molecule has 0 aliphatic heterocycles. The molecule has 9 aromatic rings. The van der Waals surface area contributed by atoms with Crippen LogP contribution in [0.15, 0.2) is 201 Å². The van der Waals surface area contributed by atoms with E-state index in [4.69, 9.17) is 0 Å². The van der Waals surface area contributed by atoms with Gasteiger partial charge in [-0.3, -0.25) is 0 Å². The van der Waals surface area contributed by atoms with E-state index in [9.17, 15) is 0 Å². The van der Waals surface area contributed by atoms with E-state index in [0.29, 0.717) is 0 Å². The van der Waals surface area contributed by atoms with Crippen LogP contribution in [-0.2, 0) is 0 Å². The van der Waals surface area contributed by atoms with Crippen LogP contribution in [0.25, 0.3) is 66.6 Å². The molecule has 52 heavy (non-hydrogen) atoms. The molecule has 7 aromatic carbocycles. The number of hydrogen-bond donors (Lipinski definition) is 0. The third kappa shape index (κ3) is 5.78. The lowest BCUT2D eigenvalue weighted by Crippen LogP contribution is -2.09. The largest absolute Gasteiger partial charge is 0.317 e. The Bertz CT molecular complexity index is 2650. The zero-order valence-corrected chi connectivity index (χ0v) is 29.2. The average Bonchev–Trinajstić information content (AvgIpc) is 3.70. The van der Waals surface area contributed by atoms with Crippen LogP contribution in [0, 0.1) is 0 Å². The molecule has 250 valence electrons.